The van der Waals surface area contributed by atoms with E-state index in [0.717, 1.165) is 4.47 Å². The van der Waals surface area contributed by atoms with Crippen molar-refractivity contribution in [2.24, 2.45) is 0 Å². The van der Waals surface area contributed by atoms with Crippen LogP contribution in [0.15, 0.2) is 16.6 Å². The van der Waals surface area contributed by atoms with E-state index in [1.807, 2.05) is 28.7 Å². The zero-order valence-corrected chi connectivity index (χ0v) is 10.9. The van der Waals surface area contributed by atoms with Crippen molar-refractivity contribution in [3.8, 4) is 6.07 Å². The zero-order valence-electron chi connectivity index (χ0n) is 7.17. The van der Waals surface area contributed by atoms with Gasteiger partial charge in [-0.1, -0.05) is 0 Å². The standard InChI is InChI=1S/C9H5BrINO2/c1-14-9(13)7-5(4-12)2-3-6(10)8(7)11/h2-3H,1H3. The zero-order chi connectivity index (χ0) is 10.7. The van der Waals surface area contributed by atoms with E-state index in [2.05, 4.69) is 20.7 Å². The number of nitriles is 1. The Kier molecular flexibility index (Phi) is 3.89. The van der Waals surface area contributed by atoms with Crippen LogP contribution in [0, 0.1) is 14.9 Å². The van der Waals surface area contributed by atoms with Crippen LogP contribution in [-0.4, -0.2) is 13.1 Å². The van der Waals surface area contributed by atoms with Crippen LogP contribution in [0.4, 0.5) is 0 Å². The van der Waals surface area contributed by atoms with Crippen LogP contribution >= 0.6 is 38.5 Å². The maximum absolute atomic E-state index is 11.4. The minimum atomic E-state index is -0.493. The molecule has 0 spiro atoms. The van der Waals surface area contributed by atoms with Crippen molar-refractivity contribution < 1.29 is 9.53 Å². The summed E-state index contributed by atoms with van der Waals surface area (Å²) in [6.45, 7) is 0. The summed E-state index contributed by atoms with van der Waals surface area (Å²) >= 11 is 5.28. The van der Waals surface area contributed by atoms with Gasteiger partial charge in [-0.15, -0.1) is 0 Å². The summed E-state index contributed by atoms with van der Waals surface area (Å²) in [6.07, 6.45) is 0. The minimum absolute atomic E-state index is 0.310. The molecule has 1 aromatic rings. The van der Waals surface area contributed by atoms with Gasteiger partial charge in [0, 0.05) is 8.04 Å². The Labute approximate surface area is 103 Å². The van der Waals surface area contributed by atoms with Crippen molar-refractivity contribution in [1.82, 2.24) is 0 Å². The summed E-state index contributed by atoms with van der Waals surface area (Å²) in [5, 5.41) is 8.80. The number of esters is 1. The first-order chi connectivity index (χ1) is 6.61. The third kappa shape index (κ3) is 2.07. The minimum Gasteiger partial charge on any atom is -0.465 e. The van der Waals surface area contributed by atoms with E-state index in [0.29, 0.717) is 14.7 Å². The first-order valence-corrected chi connectivity index (χ1v) is 5.45. The largest absolute Gasteiger partial charge is 0.465 e. The second kappa shape index (κ2) is 4.75. The number of rotatable bonds is 1. The van der Waals surface area contributed by atoms with Gasteiger partial charge < -0.3 is 4.74 Å². The van der Waals surface area contributed by atoms with E-state index < -0.39 is 5.97 Å². The molecule has 0 atom stereocenters. The van der Waals surface area contributed by atoms with E-state index in [4.69, 9.17) is 5.26 Å². The van der Waals surface area contributed by atoms with Crippen LogP contribution in [-0.2, 0) is 4.74 Å². The summed E-state index contributed by atoms with van der Waals surface area (Å²) in [5.74, 6) is -0.493. The highest BCUT2D eigenvalue weighted by molar-refractivity contribution is 14.1. The maximum atomic E-state index is 11.4. The Bertz CT molecular complexity index is 426. The lowest BCUT2D eigenvalue weighted by Crippen LogP contribution is -2.07. The molecule has 0 aromatic heterocycles. The molecule has 14 heavy (non-hydrogen) atoms. The number of carbonyl (C=O) groups excluding carboxylic acids is 1. The highest BCUT2D eigenvalue weighted by atomic mass is 127. The lowest BCUT2D eigenvalue weighted by molar-refractivity contribution is 0.0599. The highest BCUT2D eigenvalue weighted by Crippen LogP contribution is 2.25. The molecule has 3 nitrogen and oxygen atoms in total. The number of carbonyl (C=O) groups is 1. The Morgan fingerprint density at radius 3 is 2.79 bits per heavy atom. The van der Waals surface area contributed by atoms with Crippen molar-refractivity contribution in [2.75, 3.05) is 7.11 Å². The van der Waals surface area contributed by atoms with Gasteiger partial charge in [0.1, 0.15) is 6.07 Å². The second-order valence-electron chi connectivity index (χ2n) is 2.39. The van der Waals surface area contributed by atoms with Gasteiger partial charge in [-0.25, -0.2) is 4.79 Å². The van der Waals surface area contributed by atoms with Gasteiger partial charge in [0.15, 0.2) is 0 Å². The molecule has 0 heterocycles. The van der Waals surface area contributed by atoms with E-state index in [9.17, 15) is 4.79 Å². The van der Waals surface area contributed by atoms with Crippen molar-refractivity contribution in [3.63, 3.8) is 0 Å². The molecule has 0 radical (unpaired) electrons. The Morgan fingerprint density at radius 2 is 2.29 bits per heavy atom. The van der Waals surface area contributed by atoms with Crippen LogP contribution in [0.25, 0.3) is 0 Å². The summed E-state index contributed by atoms with van der Waals surface area (Å²) in [4.78, 5) is 11.4. The molecule has 0 amide bonds. The van der Waals surface area contributed by atoms with Crippen molar-refractivity contribution >= 4 is 44.5 Å². The van der Waals surface area contributed by atoms with Gasteiger partial charge >= 0.3 is 5.97 Å². The van der Waals surface area contributed by atoms with Crippen LogP contribution in [0.5, 0.6) is 0 Å². The predicted octanol–water partition coefficient (Wildman–Crippen LogP) is 2.71. The molecule has 0 N–H and O–H groups in total. The summed E-state index contributed by atoms with van der Waals surface area (Å²) < 4.78 is 6.06. The average molecular weight is 366 g/mol. The van der Waals surface area contributed by atoms with E-state index >= 15 is 0 Å². The molecule has 1 aromatic carbocycles. The fraction of sp³-hybridized carbons (Fsp3) is 0.111. The Balaban J connectivity index is 3.45. The van der Waals surface area contributed by atoms with Gasteiger partial charge in [-0.05, 0) is 50.7 Å². The Hall–Kier alpha value is -0.610. The van der Waals surface area contributed by atoms with E-state index in [1.54, 1.807) is 12.1 Å². The molecular formula is C9H5BrINO2. The fourth-order valence-electron chi connectivity index (χ4n) is 0.945. The van der Waals surface area contributed by atoms with E-state index in [-0.39, 0.29) is 0 Å². The topological polar surface area (TPSA) is 50.1 Å². The highest BCUT2D eigenvalue weighted by Gasteiger charge is 2.17. The van der Waals surface area contributed by atoms with Crippen molar-refractivity contribution in [1.29, 1.82) is 5.26 Å². The molecule has 0 unspecified atom stereocenters. The molecular weight excluding hydrogens is 361 g/mol. The van der Waals surface area contributed by atoms with Gasteiger partial charge in [0.2, 0.25) is 0 Å². The van der Waals surface area contributed by atoms with Gasteiger partial charge in [-0.2, -0.15) is 5.26 Å². The fourth-order valence-corrected chi connectivity index (χ4v) is 1.97. The summed E-state index contributed by atoms with van der Waals surface area (Å²) in [6, 6.07) is 5.26. The molecule has 0 aliphatic heterocycles. The number of hydrogen-bond donors (Lipinski definition) is 0. The molecule has 72 valence electrons. The normalized spacial score (nSPS) is 9.29. The van der Waals surface area contributed by atoms with Crippen LogP contribution < -0.4 is 0 Å². The van der Waals surface area contributed by atoms with Crippen LogP contribution in [0.2, 0.25) is 0 Å². The number of benzene rings is 1. The number of nitrogens with zero attached hydrogens (tertiary/aromatic N) is 1. The quantitative estimate of drug-likeness (QED) is 0.568. The molecule has 0 bridgehead atoms. The van der Waals surface area contributed by atoms with Crippen molar-refractivity contribution in [2.45, 2.75) is 0 Å². The third-order valence-corrected chi connectivity index (χ3v) is 4.13. The molecule has 0 saturated heterocycles. The van der Waals surface area contributed by atoms with E-state index in [1.165, 1.54) is 7.11 Å². The molecule has 0 aliphatic rings. The molecule has 1 rings (SSSR count). The lowest BCUT2D eigenvalue weighted by Gasteiger charge is -2.05. The average Bonchev–Trinajstić information content (AvgIpc) is 2.20. The van der Waals surface area contributed by atoms with Crippen LogP contribution in [0.3, 0.4) is 0 Å². The van der Waals surface area contributed by atoms with Gasteiger partial charge in [0.05, 0.1) is 18.2 Å². The van der Waals surface area contributed by atoms with Crippen molar-refractivity contribution in [3.05, 3.63) is 31.3 Å². The maximum Gasteiger partial charge on any atom is 0.340 e. The summed E-state index contributed by atoms with van der Waals surface area (Å²) in [7, 11) is 1.29. The van der Waals surface area contributed by atoms with Gasteiger partial charge in [0.25, 0.3) is 0 Å². The first kappa shape index (κ1) is 11.5. The number of hydrogen-bond acceptors (Lipinski definition) is 3. The molecule has 0 fully saturated rings. The smallest absolute Gasteiger partial charge is 0.340 e. The van der Waals surface area contributed by atoms with Crippen LogP contribution in [0.1, 0.15) is 15.9 Å². The number of methoxy groups -OCH3 is 1. The lowest BCUT2D eigenvalue weighted by atomic mass is 10.1. The Morgan fingerprint density at radius 1 is 1.64 bits per heavy atom. The SMILES string of the molecule is COC(=O)c1c(C#N)ccc(Br)c1I. The molecule has 5 heteroatoms. The predicted molar refractivity (Wildman–Crippen MR) is 62.9 cm³/mol. The van der Waals surface area contributed by atoms with Gasteiger partial charge in [-0.3, -0.25) is 0 Å². The third-order valence-electron chi connectivity index (χ3n) is 1.60. The second-order valence-corrected chi connectivity index (χ2v) is 4.32. The monoisotopic (exact) mass is 365 g/mol. The first-order valence-electron chi connectivity index (χ1n) is 3.58. The summed E-state index contributed by atoms with van der Waals surface area (Å²) in [5.41, 5.74) is 0.634. The molecule has 0 saturated carbocycles. The molecule has 0 aliphatic carbocycles. The number of halogens is 2. The number of ether oxygens (including phenoxy) is 1.